The predicted molar refractivity (Wildman–Crippen MR) is 45.3 cm³/mol. The van der Waals surface area contributed by atoms with Gasteiger partial charge in [0.25, 0.3) is 0 Å². The second-order valence-corrected chi connectivity index (χ2v) is 3.34. The number of imidazole rings is 1. The fourth-order valence-corrected chi connectivity index (χ4v) is 1.64. The van der Waals surface area contributed by atoms with Crippen molar-refractivity contribution in [2.24, 2.45) is 0 Å². The van der Waals surface area contributed by atoms with Crippen LogP contribution in [0.1, 0.15) is 18.3 Å². The third-order valence-corrected chi connectivity index (χ3v) is 2.47. The van der Waals surface area contributed by atoms with E-state index in [1.807, 2.05) is 0 Å². The maximum absolute atomic E-state index is 11.0. The van der Waals surface area contributed by atoms with Gasteiger partial charge in [0.05, 0.1) is 12.0 Å². The number of nitrogens with zero attached hydrogens (tertiary/aromatic N) is 1. The quantitative estimate of drug-likeness (QED) is 0.563. The first kappa shape index (κ1) is 8.25. The van der Waals surface area contributed by atoms with Gasteiger partial charge in [0.2, 0.25) is 0 Å². The average Bonchev–Trinajstić information content (AvgIpc) is 2.53. The summed E-state index contributed by atoms with van der Waals surface area (Å²) in [5.41, 5.74) is 0.489. The summed E-state index contributed by atoms with van der Waals surface area (Å²) in [6, 6.07) is 0. The molecule has 2 rings (SSSR count). The molecule has 5 nitrogen and oxygen atoms in total. The molecular weight excluding hydrogens is 170 g/mol. The number of hydrogen-bond donors (Lipinski definition) is 3. The van der Waals surface area contributed by atoms with Gasteiger partial charge in [-0.2, -0.15) is 0 Å². The van der Waals surface area contributed by atoms with Crippen molar-refractivity contribution in [3.8, 4) is 0 Å². The van der Waals surface area contributed by atoms with Crippen LogP contribution in [0.2, 0.25) is 0 Å². The van der Waals surface area contributed by atoms with E-state index in [-0.39, 0.29) is 0 Å². The number of carboxylic acids is 1. The van der Waals surface area contributed by atoms with E-state index in [9.17, 15) is 4.79 Å². The summed E-state index contributed by atoms with van der Waals surface area (Å²) in [5, 5.41) is 12.0. The molecule has 0 aromatic carbocycles. The van der Waals surface area contributed by atoms with Crippen LogP contribution < -0.4 is 5.32 Å². The highest BCUT2D eigenvalue weighted by atomic mass is 16.4. The number of rotatable bonds is 1. The normalized spacial score (nSPS) is 26.8. The Kier molecular flexibility index (Phi) is 1.63. The van der Waals surface area contributed by atoms with E-state index in [0.29, 0.717) is 12.2 Å². The van der Waals surface area contributed by atoms with Gasteiger partial charge in [-0.1, -0.05) is 0 Å². The molecule has 0 saturated carbocycles. The van der Waals surface area contributed by atoms with Crippen molar-refractivity contribution < 1.29 is 9.90 Å². The van der Waals surface area contributed by atoms with Gasteiger partial charge in [0, 0.05) is 18.7 Å². The molecule has 0 aliphatic carbocycles. The average molecular weight is 181 g/mol. The Morgan fingerprint density at radius 2 is 2.54 bits per heavy atom. The largest absolute Gasteiger partial charge is 0.480 e. The summed E-state index contributed by atoms with van der Waals surface area (Å²) < 4.78 is 0. The zero-order valence-corrected chi connectivity index (χ0v) is 7.29. The molecular formula is C8H11N3O2. The van der Waals surface area contributed by atoms with E-state index in [1.54, 1.807) is 13.3 Å². The third kappa shape index (κ3) is 1.04. The molecule has 0 saturated heterocycles. The monoisotopic (exact) mass is 181 g/mol. The van der Waals surface area contributed by atoms with Gasteiger partial charge in [0.1, 0.15) is 0 Å². The zero-order chi connectivity index (χ0) is 9.47. The van der Waals surface area contributed by atoms with E-state index < -0.39 is 11.5 Å². The van der Waals surface area contributed by atoms with Crippen molar-refractivity contribution in [2.75, 3.05) is 6.54 Å². The van der Waals surface area contributed by atoms with Gasteiger partial charge in [-0.05, 0) is 6.92 Å². The molecule has 70 valence electrons. The predicted octanol–water partition coefficient (Wildman–Crippen LogP) is -0.145. The minimum absolute atomic E-state index is 0.603. The molecule has 0 fully saturated rings. The number of carboxylic acid groups (broad SMARTS) is 1. The first-order valence-electron chi connectivity index (χ1n) is 4.16. The van der Waals surface area contributed by atoms with Crippen LogP contribution in [0.5, 0.6) is 0 Å². The van der Waals surface area contributed by atoms with Crippen molar-refractivity contribution in [3.05, 3.63) is 17.7 Å². The summed E-state index contributed by atoms with van der Waals surface area (Å²) >= 11 is 0. The third-order valence-electron chi connectivity index (χ3n) is 2.47. The van der Waals surface area contributed by atoms with Crippen LogP contribution in [0.4, 0.5) is 0 Å². The molecule has 1 atom stereocenters. The van der Waals surface area contributed by atoms with Crippen molar-refractivity contribution in [3.63, 3.8) is 0 Å². The van der Waals surface area contributed by atoms with Crippen LogP contribution in [-0.2, 0) is 16.8 Å². The molecule has 0 spiro atoms. The molecule has 13 heavy (non-hydrogen) atoms. The van der Waals surface area contributed by atoms with Crippen molar-refractivity contribution in [1.82, 2.24) is 15.3 Å². The Morgan fingerprint density at radius 3 is 3.23 bits per heavy atom. The number of nitrogens with one attached hydrogen (secondary N) is 2. The minimum atomic E-state index is -1.03. The van der Waals surface area contributed by atoms with Crippen molar-refractivity contribution >= 4 is 5.97 Å². The van der Waals surface area contributed by atoms with Gasteiger partial charge in [-0.15, -0.1) is 0 Å². The topological polar surface area (TPSA) is 78.0 Å². The van der Waals surface area contributed by atoms with Crippen molar-refractivity contribution in [1.29, 1.82) is 0 Å². The standard InChI is InChI=1S/C8H11N3O2/c1-8(7(12)13)6-5(2-3-11-8)9-4-10-6/h4,11H,2-3H2,1H3,(H,9,10)(H,12,13)/t8-/m0/s1. The summed E-state index contributed by atoms with van der Waals surface area (Å²) in [7, 11) is 0. The number of aromatic nitrogens is 2. The zero-order valence-electron chi connectivity index (χ0n) is 7.29. The molecule has 1 aliphatic heterocycles. The molecule has 0 unspecified atom stereocenters. The lowest BCUT2D eigenvalue weighted by Crippen LogP contribution is -2.51. The lowest BCUT2D eigenvalue weighted by atomic mass is 9.92. The van der Waals surface area contributed by atoms with E-state index in [1.165, 1.54) is 0 Å². The molecule has 5 heteroatoms. The lowest BCUT2D eigenvalue weighted by Gasteiger charge is -2.29. The number of aliphatic carboxylic acids is 1. The summed E-state index contributed by atoms with van der Waals surface area (Å²) in [6.45, 7) is 2.30. The van der Waals surface area contributed by atoms with Crippen LogP contribution in [0, 0.1) is 0 Å². The molecule has 2 heterocycles. The van der Waals surface area contributed by atoms with Crippen LogP contribution in [0.25, 0.3) is 0 Å². The minimum Gasteiger partial charge on any atom is -0.480 e. The SMILES string of the molecule is C[C@]1(C(=O)O)NCCc2[nH]cnc21. The highest BCUT2D eigenvalue weighted by molar-refractivity contribution is 5.80. The molecule has 0 amide bonds. The maximum Gasteiger partial charge on any atom is 0.329 e. The Balaban J connectivity index is 2.51. The fraction of sp³-hybridized carbons (Fsp3) is 0.500. The Morgan fingerprint density at radius 1 is 1.77 bits per heavy atom. The number of aromatic amines is 1. The highest BCUT2D eigenvalue weighted by Crippen LogP contribution is 2.25. The fourth-order valence-electron chi connectivity index (χ4n) is 1.64. The highest BCUT2D eigenvalue weighted by Gasteiger charge is 2.40. The van der Waals surface area contributed by atoms with Crippen molar-refractivity contribution in [2.45, 2.75) is 18.9 Å². The molecule has 1 aliphatic rings. The Labute approximate surface area is 75.2 Å². The Bertz CT molecular complexity index is 347. The first-order valence-corrected chi connectivity index (χ1v) is 4.16. The number of hydrogen-bond acceptors (Lipinski definition) is 3. The first-order chi connectivity index (χ1) is 6.14. The number of fused-ring (bicyclic) bond motifs is 1. The summed E-state index contributed by atoms with van der Waals surface area (Å²) in [6.07, 6.45) is 2.34. The summed E-state index contributed by atoms with van der Waals surface area (Å²) in [5.74, 6) is -0.888. The van der Waals surface area contributed by atoms with E-state index in [0.717, 1.165) is 12.1 Å². The van der Waals surface area contributed by atoms with Gasteiger partial charge >= 0.3 is 5.97 Å². The van der Waals surface area contributed by atoms with Gasteiger partial charge < -0.3 is 10.1 Å². The van der Waals surface area contributed by atoms with Crippen LogP contribution >= 0.6 is 0 Å². The number of carbonyl (C=O) groups is 1. The summed E-state index contributed by atoms with van der Waals surface area (Å²) in [4.78, 5) is 18.0. The van der Waals surface area contributed by atoms with E-state index >= 15 is 0 Å². The van der Waals surface area contributed by atoms with Gasteiger partial charge in [-0.3, -0.25) is 5.32 Å². The second kappa shape index (κ2) is 2.56. The van der Waals surface area contributed by atoms with Crippen LogP contribution in [0.15, 0.2) is 6.33 Å². The smallest absolute Gasteiger partial charge is 0.329 e. The molecule has 3 N–H and O–H groups in total. The van der Waals surface area contributed by atoms with Gasteiger partial charge in [0.15, 0.2) is 5.54 Å². The van der Waals surface area contributed by atoms with Gasteiger partial charge in [-0.25, -0.2) is 9.78 Å². The number of H-pyrrole nitrogens is 1. The van der Waals surface area contributed by atoms with Crippen LogP contribution in [-0.4, -0.2) is 27.6 Å². The maximum atomic E-state index is 11.0. The van der Waals surface area contributed by atoms with E-state index in [4.69, 9.17) is 5.11 Å². The molecule has 0 radical (unpaired) electrons. The molecule has 0 bridgehead atoms. The second-order valence-electron chi connectivity index (χ2n) is 3.34. The van der Waals surface area contributed by atoms with Crippen LogP contribution in [0.3, 0.4) is 0 Å². The molecule has 1 aromatic heterocycles. The Hall–Kier alpha value is -1.36. The molecule has 1 aromatic rings. The van der Waals surface area contributed by atoms with E-state index in [2.05, 4.69) is 15.3 Å². The lowest BCUT2D eigenvalue weighted by molar-refractivity contribution is -0.145.